The number of nitrogens with two attached hydrogens (primary N) is 1. The van der Waals surface area contributed by atoms with Crippen molar-refractivity contribution in [3.63, 3.8) is 0 Å². The van der Waals surface area contributed by atoms with E-state index in [0.29, 0.717) is 13.1 Å². The summed E-state index contributed by atoms with van der Waals surface area (Å²) in [5.41, 5.74) is 5.45. The summed E-state index contributed by atoms with van der Waals surface area (Å²) in [5, 5.41) is 1.62. The van der Waals surface area contributed by atoms with Crippen molar-refractivity contribution in [1.82, 2.24) is 9.21 Å². The molecular formula is C13H24ClN3O3S2. The predicted molar refractivity (Wildman–Crippen MR) is 92.2 cm³/mol. The van der Waals surface area contributed by atoms with Crippen LogP contribution >= 0.6 is 23.7 Å². The molecule has 6 nitrogen and oxygen atoms in total. The van der Waals surface area contributed by atoms with Gasteiger partial charge < -0.3 is 10.6 Å². The normalized spacial score (nSPS) is 12.1. The molecule has 1 rings (SSSR count). The molecule has 128 valence electrons. The molecule has 0 aliphatic rings. The maximum atomic E-state index is 12.5. The lowest BCUT2D eigenvalue weighted by Crippen LogP contribution is -2.40. The second-order valence-electron chi connectivity index (χ2n) is 5.93. The number of nitrogens with zero attached hydrogens (tertiary/aromatic N) is 2. The van der Waals surface area contributed by atoms with Crippen LogP contribution in [0.15, 0.2) is 16.3 Å². The Bertz CT molecular complexity index is 612. The van der Waals surface area contributed by atoms with Crippen LogP contribution in [-0.2, 0) is 10.0 Å². The minimum absolute atomic E-state index is 0. The first-order valence-electron chi connectivity index (χ1n) is 6.48. The number of sulfonamides is 1. The van der Waals surface area contributed by atoms with Gasteiger partial charge in [0.05, 0.1) is 0 Å². The van der Waals surface area contributed by atoms with Crippen molar-refractivity contribution in [2.24, 2.45) is 11.1 Å². The van der Waals surface area contributed by atoms with E-state index in [1.807, 2.05) is 13.8 Å². The molecule has 0 unspecified atom stereocenters. The summed E-state index contributed by atoms with van der Waals surface area (Å²) in [6.45, 7) is 4.82. The highest BCUT2D eigenvalue weighted by molar-refractivity contribution is 7.89. The Labute approximate surface area is 142 Å². The van der Waals surface area contributed by atoms with E-state index in [1.165, 1.54) is 25.1 Å². The van der Waals surface area contributed by atoms with E-state index in [1.54, 1.807) is 12.4 Å². The van der Waals surface area contributed by atoms with Gasteiger partial charge in [-0.25, -0.2) is 12.7 Å². The summed E-state index contributed by atoms with van der Waals surface area (Å²) in [4.78, 5) is 14.3. The molecule has 0 aliphatic heterocycles. The number of rotatable bonds is 6. The summed E-state index contributed by atoms with van der Waals surface area (Å²) in [7, 11) is 0.932. The van der Waals surface area contributed by atoms with Crippen molar-refractivity contribution in [3.05, 3.63) is 16.3 Å². The van der Waals surface area contributed by atoms with Crippen LogP contribution < -0.4 is 5.73 Å². The van der Waals surface area contributed by atoms with E-state index in [0.717, 1.165) is 15.6 Å². The largest absolute Gasteiger partial charge is 0.340 e. The number of hydrogen-bond acceptors (Lipinski definition) is 5. The van der Waals surface area contributed by atoms with E-state index >= 15 is 0 Å². The summed E-state index contributed by atoms with van der Waals surface area (Å²) in [5.74, 6) is -0.299. The minimum atomic E-state index is -3.62. The maximum Gasteiger partial charge on any atom is 0.265 e. The first kappa shape index (κ1) is 21.3. The van der Waals surface area contributed by atoms with Crippen LogP contribution in [0.3, 0.4) is 0 Å². The third-order valence-electron chi connectivity index (χ3n) is 3.15. The van der Waals surface area contributed by atoms with E-state index in [-0.39, 0.29) is 33.5 Å². The van der Waals surface area contributed by atoms with Gasteiger partial charge in [0, 0.05) is 27.7 Å². The van der Waals surface area contributed by atoms with Crippen LogP contribution in [0, 0.1) is 5.41 Å². The monoisotopic (exact) mass is 369 g/mol. The molecule has 0 fully saturated rings. The third kappa shape index (κ3) is 4.66. The molecule has 1 aromatic rings. The van der Waals surface area contributed by atoms with Gasteiger partial charge >= 0.3 is 0 Å². The minimum Gasteiger partial charge on any atom is -0.340 e. The Kier molecular flexibility index (Phi) is 7.50. The van der Waals surface area contributed by atoms with Crippen LogP contribution in [0.25, 0.3) is 0 Å². The van der Waals surface area contributed by atoms with E-state index < -0.39 is 10.0 Å². The quantitative estimate of drug-likeness (QED) is 0.823. The fourth-order valence-corrected chi connectivity index (χ4v) is 4.09. The van der Waals surface area contributed by atoms with E-state index in [2.05, 4.69) is 0 Å². The smallest absolute Gasteiger partial charge is 0.265 e. The first-order valence-corrected chi connectivity index (χ1v) is 8.80. The average molecular weight is 370 g/mol. The standard InChI is InChI=1S/C13H23N3O3S2.ClH/c1-13(2,8-14)9-16(5)12(17)11-10(6-7-20-11)21(18,19)15(3)4;/h6-7H,8-9,14H2,1-5H3;1H. The lowest BCUT2D eigenvalue weighted by Gasteiger charge is -2.29. The summed E-state index contributed by atoms with van der Waals surface area (Å²) in [6.07, 6.45) is 0. The molecule has 9 heteroatoms. The fraction of sp³-hybridized carbons (Fsp3) is 0.615. The van der Waals surface area contributed by atoms with Gasteiger partial charge in [0.2, 0.25) is 10.0 Å². The highest BCUT2D eigenvalue weighted by atomic mass is 35.5. The second-order valence-corrected chi connectivity index (χ2v) is 8.97. The van der Waals surface area contributed by atoms with Gasteiger partial charge in [0.25, 0.3) is 5.91 Å². The molecule has 0 aliphatic carbocycles. The SMILES string of the molecule is CN(CC(C)(C)CN)C(=O)c1sccc1S(=O)(=O)N(C)C.Cl. The molecular weight excluding hydrogens is 346 g/mol. The topological polar surface area (TPSA) is 83.7 Å². The number of hydrogen-bond donors (Lipinski definition) is 1. The van der Waals surface area contributed by atoms with Crippen molar-refractivity contribution in [3.8, 4) is 0 Å². The van der Waals surface area contributed by atoms with Crippen LogP contribution in [0.1, 0.15) is 23.5 Å². The molecule has 0 bridgehead atoms. The van der Waals surface area contributed by atoms with E-state index in [9.17, 15) is 13.2 Å². The molecule has 1 heterocycles. The Morgan fingerprint density at radius 2 is 1.86 bits per heavy atom. The van der Waals surface area contributed by atoms with Gasteiger partial charge in [-0.3, -0.25) is 4.79 Å². The van der Waals surface area contributed by atoms with Crippen molar-refractivity contribution >= 4 is 39.7 Å². The summed E-state index contributed by atoms with van der Waals surface area (Å²) >= 11 is 1.14. The molecule has 2 N–H and O–H groups in total. The van der Waals surface area contributed by atoms with Crippen LogP contribution in [0.4, 0.5) is 0 Å². The number of amides is 1. The van der Waals surface area contributed by atoms with Crippen LogP contribution in [-0.4, -0.2) is 57.8 Å². The molecule has 0 atom stereocenters. The van der Waals surface area contributed by atoms with Crippen LogP contribution in [0.2, 0.25) is 0 Å². The molecule has 0 saturated heterocycles. The maximum absolute atomic E-state index is 12.5. The first-order chi connectivity index (χ1) is 9.53. The van der Waals surface area contributed by atoms with Crippen molar-refractivity contribution in [2.45, 2.75) is 18.7 Å². The Hall–Kier alpha value is -0.670. The highest BCUT2D eigenvalue weighted by Crippen LogP contribution is 2.26. The highest BCUT2D eigenvalue weighted by Gasteiger charge is 2.29. The zero-order valence-electron chi connectivity index (χ0n) is 13.5. The van der Waals surface area contributed by atoms with Gasteiger partial charge in [0.15, 0.2) is 0 Å². The second kappa shape index (κ2) is 7.74. The Morgan fingerprint density at radius 3 is 2.32 bits per heavy atom. The molecule has 0 radical (unpaired) electrons. The van der Waals surface area contributed by atoms with Crippen molar-refractivity contribution in [2.75, 3.05) is 34.2 Å². The average Bonchev–Trinajstić information content (AvgIpc) is 2.86. The summed E-state index contributed by atoms with van der Waals surface area (Å²) < 4.78 is 25.6. The number of carbonyl (C=O) groups excluding carboxylic acids is 1. The zero-order chi connectivity index (χ0) is 16.4. The lowest BCUT2D eigenvalue weighted by molar-refractivity contribution is 0.0742. The fourth-order valence-electron chi connectivity index (χ4n) is 1.80. The number of halogens is 1. The Morgan fingerprint density at radius 1 is 1.32 bits per heavy atom. The Balaban J connectivity index is 0.00000441. The van der Waals surface area contributed by atoms with Gasteiger partial charge in [-0.2, -0.15) is 0 Å². The molecule has 0 aromatic carbocycles. The molecule has 1 amide bonds. The van der Waals surface area contributed by atoms with Crippen molar-refractivity contribution in [1.29, 1.82) is 0 Å². The van der Waals surface area contributed by atoms with Gasteiger partial charge in [-0.15, -0.1) is 23.7 Å². The van der Waals surface area contributed by atoms with Gasteiger partial charge in [-0.1, -0.05) is 13.8 Å². The predicted octanol–water partition coefficient (Wildman–Crippen LogP) is 1.48. The third-order valence-corrected chi connectivity index (χ3v) is 6.04. The zero-order valence-corrected chi connectivity index (χ0v) is 15.9. The molecule has 0 spiro atoms. The van der Waals surface area contributed by atoms with Crippen molar-refractivity contribution < 1.29 is 13.2 Å². The van der Waals surface area contributed by atoms with Gasteiger partial charge in [-0.05, 0) is 23.4 Å². The van der Waals surface area contributed by atoms with E-state index in [4.69, 9.17) is 5.73 Å². The van der Waals surface area contributed by atoms with Gasteiger partial charge in [0.1, 0.15) is 9.77 Å². The van der Waals surface area contributed by atoms with Crippen LogP contribution in [0.5, 0.6) is 0 Å². The summed E-state index contributed by atoms with van der Waals surface area (Å²) in [6, 6.07) is 1.47. The molecule has 0 saturated carbocycles. The molecule has 1 aromatic heterocycles. The number of thiophene rings is 1. The lowest BCUT2D eigenvalue weighted by atomic mass is 9.93. The molecule has 22 heavy (non-hydrogen) atoms. The number of carbonyl (C=O) groups is 1.